The van der Waals surface area contributed by atoms with E-state index in [0.717, 1.165) is 36.4 Å². The van der Waals surface area contributed by atoms with Gasteiger partial charge in [0, 0.05) is 35.5 Å². The van der Waals surface area contributed by atoms with E-state index in [0.29, 0.717) is 17.9 Å². The zero-order valence-electron chi connectivity index (χ0n) is 14.8. The first-order chi connectivity index (χ1) is 9.92. The molecule has 2 unspecified atom stereocenters. The monoisotopic (exact) mass is 292 g/mol. The highest BCUT2D eigenvalue weighted by Crippen LogP contribution is 2.26. The Bertz CT molecular complexity index is 443. The summed E-state index contributed by atoms with van der Waals surface area (Å²) in [6.45, 7) is 14.4. The molecule has 0 radical (unpaired) electrons. The Labute approximate surface area is 130 Å². The first-order valence-corrected chi connectivity index (χ1v) is 8.14. The molecule has 0 amide bonds. The van der Waals surface area contributed by atoms with Crippen LogP contribution < -0.4 is 10.1 Å². The van der Waals surface area contributed by atoms with Crippen molar-refractivity contribution in [2.45, 2.75) is 60.4 Å². The third-order valence-corrected chi connectivity index (χ3v) is 4.51. The van der Waals surface area contributed by atoms with Crippen LogP contribution in [0.2, 0.25) is 0 Å². The normalized spacial score (nSPS) is 14.3. The molecule has 0 aliphatic heterocycles. The second-order valence-corrected chi connectivity index (χ2v) is 6.41. The highest BCUT2D eigenvalue weighted by Gasteiger charge is 2.22. The summed E-state index contributed by atoms with van der Waals surface area (Å²) in [5.74, 6) is 2.25. The van der Waals surface area contributed by atoms with Crippen LogP contribution >= 0.6 is 0 Å². The van der Waals surface area contributed by atoms with Gasteiger partial charge >= 0.3 is 0 Å². The summed E-state index contributed by atoms with van der Waals surface area (Å²) in [5.41, 5.74) is 3.43. The molecule has 1 N–H and O–H groups in total. The Morgan fingerprint density at radius 2 is 1.90 bits per heavy atom. The van der Waals surface area contributed by atoms with Crippen LogP contribution in [0.5, 0.6) is 5.75 Å². The average molecular weight is 292 g/mol. The molecule has 0 spiro atoms. The lowest BCUT2D eigenvalue weighted by Gasteiger charge is -2.28. The third kappa shape index (κ3) is 4.70. The van der Waals surface area contributed by atoms with E-state index in [-0.39, 0.29) is 0 Å². The Morgan fingerprint density at radius 1 is 1.24 bits per heavy atom. The minimum Gasteiger partial charge on any atom is -0.496 e. The molecule has 0 saturated heterocycles. The smallest absolute Gasteiger partial charge is 0.128 e. The van der Waals surface area contributed by atoms with E-state index in [1.54, 1.807) is 7.11 Å². The van der Waals surface area contributed by atoms with Crippen LogP contribution in [0.1, 0.15) is 50.9 Å². The lowest BCUT2D eigenvalue weighted by molar-refractivity contribution is 0.295. The summed E-state index contributed by atoms with van der Waals surface area (Å²) < 4.78 is 5.53. The summed E-state index contributed by atoms with van der Waals surface area (Å²) in [4.78, 5) is 4.66. The molecule has 0 aromatic carbocycles. The van der Waals surface area contributed by atoms with Gasteiger partial charge < -0.3 is 10.1 Å². The molecule has 3 heteroatoms. The second kappa shape index (κ2) is 8.38. The molecular formula is C18H32N2O. The van der Waals surface area contributed by atoms with Gasteiger partial charge in [0.25, 0.3) is 0 Å². The van der Waals surface area contributed by atoms with E-state index in [4.69, 9.17) is 4.74 Å². The second-order valence-electron chi connectivity index (χ2n) is 6.41. The van der Waals surface area contributed by atoms with Crippen LogP contribution in [0.4, 0.5) is 0 Å². The number of hydrogen-bond donors (Lipinski definition) is 1. The summed E-state index contributed by atoms with van der Waals surface area (Å²) in [5, 5.41) is 3.70. The number of nitrogens with one attached hydrogen (secondary N) is 1. The maximum atomic E-state index is 5.53. The van der Waals surface area contributed by atoms with E-state index in [1.807, 2.05) is 13.1 Å². The van der Waals surface area contributed by atoms with E-state index in [2.05, 4.69) is 44.9 Å². The fourth-order valence-corrected chi connectivity index (χ4v) is 2.72. The standard InChI is InChI=1S/C18H32N2O/c1-8-9-19-16(14(5)12(2)3)10-17-15(6)18(21-7)13(4)11-20-17/h11-12,14,16,19H,8-10H2,1-7H3. The highest BCUT2D eigenvalue weighted by molar-refractivity contribution is 5.41. The van der Waals surface area contributed by atoms with Gasteiger partial charge in [-0.3, -0.25) is 4.98 Å². The highest BCUT2D eigenvalue weighted by atomic mass is 16.5. The van der Waals surface area contributed by atoms with Gasteiger partial charge in [0.1, 0.15) is 5.75 Å². The Hall–Kier alpha value is -1.09. The summed E-state index contributed by atoms with van der Waals surface area (Å²) >= 11 is 0. The van der Waals surface area contributed by atoms with Crippen molar-refractivity contribution in [3.63, 3.8) is 0 Å². The molecule has 0 bridgehead atoms. The maximum Gasteiger partial charge on any atom is 0.128 e. The summed E-state index contributed by atoms with van der Waals surface area (Å²) in [7, 11) is 1.74. The number of hydrogen-bond acceptors (Lipinski definition) is 3. The molecule has 0 fully saturated rings. The van der Waals surface area contributed by atoms with Gasteiger partial charge in [-0.15, -0.1) is 0 Å². The topological polar surface area (TPSA) is 34.2 Å². The quantitative estimate of drug-likeness (QED) is 0.789. The number of pyridine rings is 1. The van der Waals surface area contributed by atoms with Crippen molar-refractivity contribution < 1.29 is 4.74 Å². The zero-order chi connectivity index (χ0) is 16.0. The first-order valence-electron chi connectivity index (χ1n) is 8.14. The lowest BCUT2D eigenvalue weighted by atomic mass is 9.86. The summed E-state index contributed by atoms with van der Waals surface area (Å²) in [6, 6.07) is 0.462. The Morgan fingerprint density at radius 3 is 2.43 bits per heavy atom. The van der Waals surface area contributed by atoms with E-state index in [1.165, 1.54) is 5.56 Å². The van der Waals surface area contributed by atoms with Gasteiger partial charge in [0.2, 0.25) is 0 Å². The van der Waals surface area contributed by atoms with Gasteiger partial charge in [-0.2, -0.15) is 0 Å². The average Bonchev–Trinajstić information content (AvgIpc) is 2.45. The molecule has 0 aliphatic carbocycles. The Kier molecular flexibility index (Phi) is 7.16. The zero-order valence-corrected chi connectivity index (χ0v) is 14.8. The van der Waals surface area contributed by atoms with E-state index < -0.39 is 0 Å². The predicted octanol–water partition coefficient (Wildman–Crippen LogP) is 3.91. The molecule has 21 heavy (non-hydrogen) atoms. The van der Waals surface area contributed by atoms with Crippen molar-refractivity contribution >= 4 is 0 Å². The van der Waals surface area contributed by atoms with Crippen molar-refractivity contribution in [3.8, 4) is 5.75 Å². The molecule has 1 heterocycles. The van der Waals surface area contributed by atoms with Crippen LogP contribution in [-0.4, -0.2) is 24.7 Å². The minimum atomic E-state index is 0.462. The molecule has 1 aromatic heterocycles. The maximum absolute atomic E-state index is 5.53. The molecule has 0 saturated carbocycles. The van der Waals surface area contributed by atoms with Crippen LogP contribution in [0, 0.1) is 25.7 Å². The number of nitrogens with zero attached hydrogens (tertiary/aromatic N) is 1. The number of aromatic nitrogens is 1. The molecular weight excluding hydrogens is 260 g/mol. The molecule has 0 aliphatic rings. The number of rotatable bonds is 8. The molecule has 3 nitrogen and oxygen atoms in total. The van der Waals surface area contributed by atoms with Gasteiger partial charge in [-0.1, -0.05) is 27.7 Å². The van der Waals surface area contributed by atoms with Crippen LogP contribution in [0.15, 0.2) is 6.20 Å². The molecule has 2 atom stereocenters. The molecule has 1 aromatic rings. The van der Waals surface area contributed by atoms with Gasteiger partial charge in [0.05, 0.1) is 7.11 Å². The van der Waals surface area contributed by atoms with Crippen LogP contribution in [0.3, 0.4) is 0 Å². The lowest BCUT2D eigenvalue weighted by Crippen LogP contribution is -2.39. The van der Waals surface area contributed by atoms with Gasteiger partial charge in [0.15, 0.2) is 0 Å². The van der Waals surface area contributed by atoms with Gasteiger partial charge in [-0.25, -0.2) is 0 Å². The van der Waals surface area contributed by atoms with E-state index in [9.17, 15) is 0 Å². The van der Waals surface area contributed by atoms with Crippen molar-refractivity contribution in [2.24, 2.45) is 11.8 Å². The largest absolute Gasteiger partial charge is 0.496 e. The molecule has 120 valence electrons. The van der Waals surface area contributed by atoms with Crippen LogP contribution in [0.25, 0.3) is 0 Å². The SMILES string of the molecule is CCCNC(Cc1ncc(C)c(OC)c1C)C(C)C(C)C. The van der Waals surface area contributed by atoms with Crippen LogP contribution in [-0.2, 0) is 6.42 Å². The number of ether oxygens (including phenoxy) is 1. The third-order valence-electron chi connectivity index (χ3n) is 4.51. The number of methoxy groups -OCH3 is 1. The Balaban J connectivity index is 2.97. The van der Waals surface area contributed by atoms with Crippen molar-refractivity contribution in [3.05, 3.63) is 23.0 Å². The first kappa shape index (κ1) is 18.0. The molecule has 1 rings (SSSR count). The minimum absolute atomic E-state index is 0.462. The van der Waals surface area contributed by atoms with Crippen molar-refractivity contribution in [1.29, 1.82) is 0 Å². The summed E-state index contributed by atoms with van der Waals surface area (Å²) in [6.07, 6.45) is 4.05. The van der Waals surface area contributed by atoms with E-state index >= 15 is 0 Å². The fourth-order valence-electron chi connectivity index (χ4n) is 2.72. The number of aryl methyl sites for hydroxylation is 1. The predicted molar refractivity (Wildman–Crippen MR) is 90.1 cm³/mol. The van der Waals surface area contributed by atoms with Crippen molar-refractivity contribution in [1.82, 2.24) is 10.3 Å². The van der Waals surface area contributed by atoms with Gasteiger partial charge in [-0.05, 0) is 38.6 Å². The fraction of sp³-hybridized carbons (Fsp3) is 0.722. The van der Waals surface area contributed by atoms with Crippen molar-refractivity contribution in [2.75, 3.05) is 13.7 Å².